The number of aromatic nitrogens is 1. The number of hydrogen-bond donors (Lipinski definition) is 1. The molecule has 0 fully saturated rings. The third-order valence-corrected chi connectivity index (χ3v) is 4.21. The number of nitrogens with zero attached hydrogens (tertiary/aromatic N) is 1. The summed E-state index contributed by atoms with van der Waals surface area (Å²) < 4.78 is 0. The van der Waals surface area contributed by atoms with Crippen LogP contribution in [0.15, 0.2) is 29.9 Å². The number of carbonyl (C=O) groups excluding carboxylic acids is 1. The van der Waals surface area contributed by atoms with E-state index in [0.29, 0.717) is 0 Å². The molecule has 3 nitrogen and oxygen atoms in total. The molecule has 100 valence electrons. The van der Waals surface area contributed by atoms with Crippen LogP contribution in [-0.2, 0) is 6.42 Å². The van der Waals surface area contributed by atoms with Gasteiger partial charge in [0.25, 0.3) is 5.91 Å². The quantitative estimate of drug-likeness (QED) is 0.927. The highest BCUT2D eigenvalue weighted by atomic mass is 32.1. The molecule has 0 radical (unpaired) electrons. The van der Waals surface area contributed by atoms with Gasteiger partial charge in [0.1, 0.15) is 0 Å². The van der Waals surface area contributed by atoms with E-state index in [1.54, 1.807) is 23.7 Å². The van der Waals surface area contributed by atoms with E-state index in [2.05, 4.69) is 24.1 Å². The molecule has 1 N–H and O–H groups in total. The van der Waals surface area contributed by atoms with Gasteiger partial charge in [-0.2, -0.15) is 0 Å². The Morgan fingerprint density at radius 1 is 1.42 bits per heavy atom. The maximum Gasteiger partial charge on any atom is 0.252 e. The van der Waals surface area contributed by atoms with E-state index in [1.165, 1.54) is 4.88 Å². The predicted molar refractivity (Wildman–Crippen MR) is 78.6 cm³/mol. The Morgan fingerprint density at radius 2 is 2.11 bits per heavy atom. The van der Waals surface area contributed by atoms with Crippen LogP contribution in [0.3, 0.4) is 0 Å². The maximum absolute atomic E-state index is 12.3. The molecule has 0 unspecified atom stereocenters. The van der Waals surface area contributed by atoms with Gasteiger partial charge in [0.2, 0.25) is 0 Å². The van der Waals surface area contributed by atoms with E-state index in [9.17, 15) is 4.79 Å². The largest absolute Gasteiger partial charge is 0.345 e. The molecule has 0 bridgehead atoms. The molecule has 0 saturated heterocycles. The molecule has 1 amide bonds. The summed E-state index contributed by atoms with van der Waals surface area (Å²) in [4.78, 5) is 17.5. The van der Waals surface area contributed by atoms with E-state index < -0.39 is 0 Å². The van der Waals surface area contributed by atoms with E-state index in [1.807, 2.05) is 24.4 Å². The third kappa shape index (κ3) is 3.01. The lowest BCUT2D eigenvalue weighted by Crippen LogP contribution is -2.27. The first-order chi connectivity index (χ1) is 9.13. The molecular weight excluding hydrogens is 256 g/mol. The van der Waals surface area contributed by atoms with Crippen LogP contribution in [0, 0.1) is 6.92 Å². The minimum Gasteiger partial charge on any atom is -0.345 e. The van der Waals surface area contributed by atoms with Gasteiger partial charge in [-0.05, 0) is 43.5 Å². The molecular formula is C15H18N2OS. The van der Waals surface area contributed by atoms with Crippen molar-refractivity contribution < 1.29 is 4.79 Å². The zero-order valence-corrected chi connectivity index (χ0v) is 12.3. The third-order valence-electron chi connectivity index (χ3n) is 3.26. The molecule has 0 aliphatic carbocycles. The van der Waals surface area contributed by atoms with Crippen LogP contribution in [0.1, 0.15) is 46.3 Å². The average molecular weight is 274 g/mol. The fourth-order valence-corrected chi connectivity index (χ4v) is 3.06. The van der Waals surface area contributed by atoms with Gasteiger partial charge in [-0.1, -0.05) is 6.92 Å². The number of carbonyl (C=O) groups is 1. The molecule has 0 aliphatic rings. The Morgan fingerprint density at radius 3 is 2.74 bits per heavy atom. The predicted octanol–water partition coefficient (Wildman–Crippen LogP) is 3.50. The van der Waals surface area contributed by atoms with Crippen molar-refractivity contribution in [3.8, 4) is 0 Å². The van der Waals surface area contributed by atoms with Gasteiger partial charge in [-0.3, -0.25) is 9.78 Å². The molecule has 2 aromatic heterocycles. The lowest BCUT2D eigenvalue weighted by atomic mass is 10.1. The second-order valence-electron chi connectivity index (χ2n) is 4.51. The smallest absolute Gasteiger partial charge is 0.252 e. The zero-order chi connectivity index (χ0) is 13.8. The monoisotopic (exact) mass is 274 g/mol. The summed E-state index contributed by atoms with van der Waals surface area (Å²) >= 11 is 1.64. The Labute approximate surface area is 117 Å². The van der Waals surface area contributed by atoms with Crippen LogP contribution in [-0.4, -0.2) is 10.9 Å². The fourth-order valence-electron chi connectivity index (χ4n) is 2.12. The highest BCUT2D eigenvalue weighted by molar-refractivity contribution is 7.10. The number of pyridine rings is 1. The second kappa shape index (κ2) is 5.97. The van der Waals surface area contributed by atoms with Gasteiger partial charge in [0, 0.05) is 22.7 Å². The highest BCUT2D eigenvalue weighted by Gasteiger charge is 2.16. The summed E-state index contributed by atoms with van der Waals surface area (Å²) in [5, 5.41) is 4.99. The van der Waals surface area contributed by atoms with Crippen molar-refractivity contribution in [3.05, 3.63) is 51.5 Å². The van der Waals surface area contributed by atoms with Gasteiger partial charge in [0.15, 0.2) is 0 Å². The van der Waals surface area contributed by atoms with Crippen molar-refractivity contribution in [1.29, 1.82) is 0 Å². The molecule has 2 rings (SSSR count). The summed E-state index contributed by atoms with van der Waals surface area (Å²) in [6.07, 6.45) is 4.37. The lowest BCUT2D eigenvalue weighted by molar-refractivity contribution is 0.0939. The normalized spacial score (nSPS) is 12.2. The molecule has 0 aliphatic heterocycles. The Balaban J connectivity index is 2.13. The number of hydrogen-bond acceptors (Lipinski definition) is 3. The standard InChI is InChI=1S/C15H18N2OS/c1-4-13-11(3)19-9-14(13)15(18)17-10(2)12-5-7-16-8-6-12/h5-10H,4H2,1-3H3,(H,17,18)/t10-/m1/s1. The molecule has 19 heavy (non-hydrogen) atoms. The summed E-state index contributed by atoms with van der Waals surface area (Å²) in [6, 6.07) is 3.83. The summed E-state index contributed by atoms with van der Waals surface area (Å²) in [5.41, 5.74) is 3.03. The molecule has 2 heterocycles. The van der Waals surface area contributed by atoms with Crippen molar-refractivity contribution >= 4 is 17.2 Å². The van der Waals surface area contributed by atoms with E-state index >= 15 is 0 Å². The number of nitrogens with one attached hydrogen (secondary N) is 1. The number of rotatable bonds is 4. The van der Waals surface area contributed by atoms with Gasteiger partial charge in [0.05, 0.1) is 11.6 Å². The van der Waals surface area contributed by atoms with Crippen molar-refractivity contribution in [2.45, 2.75) is 33.2 Å². The minimum atomic E-state index is -0.0135. The molecule has 4 heteroatoms. The van der Waals surface area contributed by atoms with Crippen LogP contribution in [0.4, 0.5) is 0 Å². The SMILES string of the molecule is CCc1c(C(=O)N[C@H](C)c2ccncc2)csc1C. The molecule has 1 atom stereocenters. The van der Waals surface area contributed by atoms with Crippen LogP contribution in [0.2, 0.25) is 0 Å². The first kappa shape index (κ1) is 13.7. The Bertz CT molecular complexity index is 563. The van der Waals surface area contributed by atoms with Crippen LogP contribution >= 0.6 is 11.3 Å². The Kier molecular flexibility index (Phi) is 4.32. The zero-order valence-electron chi connectivity index (χ0n) is 11.4. The van der Waals surface area contributed by atoms with Crippen molar-refractivity contribution in [3.63, 3.8) is 0 Å². The number of amides is 1. The van der Waals surface area contributed by atoms with Gasteiger partial charge >= 0.3 is 0 Å². The molecule has 0 aromatic carbocycles. The second-order valence-corrected chi connectivity index (χ2v) is 5.60. The average Bonchev–Trinajstić information content (AvgIpc) is 2.80. The minimum absolute atomic E-state index is 0.00510. The molecule has 0 saturated carbocycles. The number of aryl methyl sites for hydroxylation is 1. The van der Waals surface area contributed by atoms with E-state index in [4.69, 9.17) is 0 Å². The van der Waals surface area contributed by atoms with Crippen LogP contribution < -0.4 is 5.32 Å². The van der Waals surface area contributed by atoms with Gasteiger partial charge in [-0.25, -0.2) is 0 Å². The van der Waals surface area contributed by atoms with E-state index in [-0.39, 0.29) is 11.9 Å². The summed E-state index contributed by atoms with van der Waals surface area (Å²) in [7, 11) is 0. The topological polar surface area (TPSA) is 42.0 Å². The highest BCUT2D eigenvalue weighted by Crippen LogP contribution is 2.23. The van der Waals surface area contributed by atoms with E-state index in [0.717, 1.165) is 23.1 Å². The van der Waals surface area contributed by atoms with Crippen molar-refractivity contribution in [2.75, 3.05) is 0 Å². The van der Waals surface area contributed by atoms with Crippen LogP contribution in [0.25, 0.3) is 0 Å². The number of thiophene rings is 1. The first-order valence-corrected chi connectivity index (χ1v) is 7.29. The fraction of sp³-hybridized carbons (Fsp3) is 0.333. The maximum atomic E-state index is 12.3. The summed E-state index contributed by atoms with van der Waals surface area (Å²) in [5.74, 6) is 0.00510. The van der Waals surface area contributed by atoms with Crippen molar-refractivity contribution in [1.82, 2.24) is 10.3 Å². The summed E-state index contributed by atoms with van der Waals surface area (Å²) in [6.45, 7) is 6.13. The lowest BCUT2D eigenvalue weighted by Gasteiger charge is -2.14. The Hall–Kier alpha value is -1.68. The first-order valence-electron chi connectivity index (χ1n) is 6.41. The van der Waals surface area contributed by atoms with Gasteiger partial charge < -0.3 is 5.32 Å². The van der Waals surface area contributed by atoms with Gasteiger partial charge in [-0.15, -0.1) is 11.3 Å². The van der Waals surface area contributed by atoms with Crippen molar-refractivity contribution in [2.24, 2.45) is 0 Å². The molecule has 2 aromatic rings. The molecule has 0 spiro atoms. The van der Waals surface area contributed by atoms with Crippen LogP contribution in [0.5, 0.6) is 0 Å².